The number of nitrogens with two attached hydrogens (primary N) is 1. The molecule has 17 heavy (non-hydrogen) atoms. The van der Waals surface area contributed by atoms with Gasteiger partial charge in [0.15, 0.2) is 0 Å². The number of ether oxygens (including phenoxy) is 1. The van der Waals surface area contributed by atoms with E-state index >= 15 is 0 Å². The lowest BCUT2D eigenvalue weighted by Gasteiger charge is -2.19. The number of hydrogen-bond donors (Lipinski definition) is 1. The van der Waals surface area contributed by atoms with Crippen LogP contribution in [-0.4, -0.2) is 19.7 Å². The molecule has 0 atom stereocenters. The normalized spacial score (nSPS) is 16.8. The molecule has 1 aromatic rings. The summed E-state index contributed by atoms with van der Waals surface area (Å²) in [6, 6.07) is 3.51. The van der Waals surface area contributed by atoms with Crippen molar-refractivity contribution in [3.05, 3.63) is 22.7 Å². The monoisotopic (exact) mass is 254 g/mol. The lowest BCUT2D eigenvalue weighted by atomic mass is 9.87. The summed E-state index contributed by atoms with van der Waals surface area (Å²) in [6.07, 6.45) is -0.397. The van der Waals surface area contributed by atoms with Crippen LogP contribution < -0.4 is 10.6 Å². The number of fused-ring (bicyclic) bond motifs is 1. The van der Waals surface area contributed by atoms with Crippen molar-refractivity contribution in [2.75, 3.05) is 24.3 Å². The minimum absolute atomic E-state index is 0.178. The van der Waals surface area contributed by atoms with Gasteiger partial charge in [-0.15, -0.1) is 0 Å². The van der Waals surface area contributed by atoms with Crippen molar-refractivity contribution in [2.24, 2.45) is 0 Å². The third-order valence-electron chi connectivity index (χ3n) is 3.05. The second-order valence-corrected chi connectivity index (χ2v) is 5.27. The molecule has 1 aromatic carbocycles. The zero-order valence-corrected chi connectivity index (χ0v) is 10.8. The third kappa shape index (κ3) is 1.82. The van der Waals surface area contributed by atoms with Crippen LogP contribution in [0.15, 0.2) is 12.1 Å². The predicted molar refractivity (Wildman–Crippen MR) is 68.6 cm³/mol. The second kappa shape index (κ2) is 3.81. The quantitative estimate of drug-likeness (QED) is 0.725. The van der Waals surface area contributed by atoms with Gasteiger partial charge < -0.3 is 10.5 Å². The summed E-state index contributed by atoms with van der Waals surface area (Å²) in [7, 11) is 1.36. The molecule has 0 radical (unpaired) electrons. The Bertz CT molecular complexity index is 486. The van der Waals surface area contributed by atoms with E-state index in [9.17, 15) is 4.79 Å². The largest absolute Gasteiger partial charge is 0.452 e. The van der Waals surface area contributed by atoms with Gasteiger partial charge in [-0.05, 0) is 17.7 Å². The number of anilines is 2. The first-order chi connectivity index (χ1) is 7.86. The average molecular weight is 255 g/mol. The van der Waals surface area contributed by atoms with E-state index in [1.807, 2.05) is 19.9 Å². The number of carbonyl (C=O) groups is 1. The number of nitrogens with zero attached hydrogens (tertiary/aromatic N) is 1. The van der Waals surface area contributed by atoms with E-state index in [0.29, 0.717) is 22.9 Å². The first-order valence-electron chi connectivity index (χ1n) is 5.32. The van der Waals surface area contributed by atoms with Gasteiger partial charge in [-0.25, -0.2) is 4.79 Å². The zero-order chi connectivity index (χ0) is 12.8. The molecule has 0 spiro atoms. The Morgan fingerprint density at radius 2 is 2.18 bits per heavy atom. The highest BCUT2D eigenvalue weighted by atomic mass is 35.5. The number of carbonyl (C=O) groups excluding carboxylic acids is 1. The summed E-state index contributed by atoms with van der Waals surface area (Å²) in [5.74, 6) is 0. The first kappa shape index (κ1) is 12.0. The van der Waals surface area contributed by atoms with Crippen LogP contribution in [0.1, 0.15) is 19.4 Å². The number of nitrogen functional groups attached to an aromatic ring is 1. The van der Waals surface area contributed by atoms with Crippen LogP contribution in [0.3, 0.4) is 0 Å². The Morgan fingerprint density at radius 3 is 2.76 bits per heavy atom. The highest BCUT2D eigenvalue weighted by molar-refractivity contribution is 6.31. The van der Waals surface area contributed by atoms with Crippen LogP contribution in [0.4, 0.5) is 16.2 Å². The van der Waals surface area contributed by atoms with Crippen LogP contribution in [0.2, 0.25) is 5.02 Å². The van der Waals surface area contributed by atoms with Gasteiger partial charge in [0.2, 0.25) is 0 Å². The fraction of sp³-hybridized carbons (Fsp3) is 0.417. The summed E-state index contributed by atoms with van der Waals surface area (Å²) < 4.78 is 4.77. The van der Waals surface area contributed by atoms with E-state index in [4.69, 9.17) is 22.1 Å². The van der Waals surface area contributed by atoms with E-state index in [0.717, 1.165) is 5.56 Å². The molecule has 0 saturated carbocycles. The van der Waals surface area contributed by atoms with Gasteiger partial charge >= 0.3 is 6.09 Å². The number of halogens is 1. The maximum atomic E-state index is 11.7. The smallest absolute Gasteiger partial charge is 0.414 e. The molecule has 2 rings (SSSR count). The maximum Gasteiger partial charge on any atom is 0.414 e. The third-order valence-corrected chi connectivity index (χ3v) is 3.27. The van der Waals surface area contributed by atoms with Gasteiger partial charge in [0.05, 0.1) is 18.5 Å². The molecule has 5 heteroatoms. The van der Waals surface area contributed by atoms with Gasteiger partial charge in [-0.1, -0.05) is 25.4 Å². The van der Waals surface area contributed by atoms with Crippen molar-refractivity contribution in [1.29, 1.82) is 0 Å². The molecule has 0 aromatic heterocycles. The molecule has 1 amide bonds. The van der Waals surface area contributed by atoms with E-state index in [1.165, 1.54) is 7.11 Å². The molecule has 1 aliphatic heterocycles. The second-order valence-electron chi connectivity index (χ2n) is 4.83. The number of benzene rings is 1. The lowest BCUT2D eigenvalue weighted by Crippen LogP contribution is -2.33. The predicted octanol–water partition coefficient (Wildman–Crippen LogP) is 2.79. The zero-order valence-electron chi connectivity index (χ0n) is 10.1. The fourth-order valence-corrected chi connectivity index (χ4v) is 2.49. The van der Waals surface area contributed by atoms with Crippen molar-refractivity contribution in [3.63, 3.8) is 0 Å². The number of hydrogen-bond acceptors (Lipinski definition) is 3. The molecule has 4 nitrogen and oxygen atoms in total. The molecule has 0 saturated heterocycles. The van der Waals surface area contributed by atoms with Crippen LogP contribution in [0.5, 0.6) is 0 Å². The average Bonchev–Trinajstić information content (AvgIpc) is 2.50. The number of methoxy groups -OCH3 is 1. The topological polar surface area (TPSA) is 55.6 Å². The highest BCUT2D eigenvalue weighted by Gasteiger charge is 2.40. The van der Waals surface area contributed by atoms with Crippen molar-refractivity contribution >= 4 is 29.1 Å². The van der Waals surface area contributed by atoms with E-state index in [2.05, 4.69) is 0 Å². The molecule has 1 heterocycles. The standard InChI is InChI=1S/C12H15ClN2O2/c1-12(2)6-15(11(16)17-3)10-8(12)4-7(13)5-9(10)14/h4-5H,6,14H2,1-3H3. The van der Waals surface area contributed by atoms with Gasteiger partial charge in [-0.2, -0.15) is 0 Å². The highest BCUT2D eigenvalue weighted by Crippen LogP contribution is 2.45. The Labute approximate surface area is 105 Å². The van der Waals surface area contributed by atoms with Gasteiger partial charge in [0.25, 0.3) is 0 Å². The van der Waals surface area contributed by atoms with Gasteiger partial charge in [0, 0.05) is 17.0 Å². The first-order valence-corrected chi connectivity index (χ1v) is 5.69. The van der Waals surface area contributed by atoms with Crippen LogP contribution in [0.25, 0.3) is 0 Å². The van der Waals surface area contributed by atoms with Crippen molar-refractivity contribution in [3.8, 4) is 0 Å². The molecule has 0 fully saturated rings. The van der Waals surface area contributed by atoms with Crippen molar-refractivity contribution in [1.82, 2.24) is 0 Å². The summed E-state index contributed by atoms with van der Waals surface area (Å²) in [6.45, 7) is 4.63. The molecule has 0 aliphatic carbocycles. The molecular weight excluding hydrogens is 240 g/mol. The van der Waals surface area contributed by atoms with Crippen LogP contribution in [0, 0.1) is 0 Å². The van der Waals surface area contributed by atoms with E-state index in [1.54, 1.807) is 11.0 Å². The number of rotatable bonds is 0. The molecule has 1 aliphatic rings. The maximum absolute atomic E-state index is 11.7. The molecule has 0 unspecified atom stereocenters. The Balaban J connectivity index is 2.61. The van der Waals surface area contributed by atoms with Crippen molar-refractivity contribution < 1.29 is 9.53 Å². The minimum atomic E-state index is -0.397. The van der Waals surface area contributed by atoms with Crippen LogP contribution >= 0.6 is 11.6 Å². The Morgan fingerprint density at radius 1 is 1.53 bits per heavy atom. The van der Waals surface area contributed by atoms with Gasteiger partial charge in [0.1, 0.15) is 0 Å². The fourth-order valence-electron chi connectivity index (χ4n) is 2.26. The minimum Gasteiger partial charge on any atom is -0.452 e. The summed E-state index contributed by atoms with van der Waals surface area (Å²) in [4.78, 5) is 13.3. The molecular formula is C12H15ClN2O2. The van der Waals surface area contributed by atoms with Crippen molar-refractivity contribution in [2.45, 2.75) is 19.3 Å². The molecule has 2 N–H and O–H groups in total. The Kier molecular flexibility index (Phi) is 2.70. The van der Waals surface area contributed by atoms with Gasteiger partial charge in [-0.3, -0.25) is 4.90 Å². The molecule has 0 bridgehead atoms. The SMILES string of the molecule is COC(=O)N1CC(C)(C)c2cc(Cl)cc(N)c21. The lowest BCUT2D eigenvalue weighted by molar-refractivity contribution is 0.178. The van der Waals surface area contributed by atoms with Crippen LogP contribution in [-0.2, 0) is 10.2 Å². The summed E-state index contributed by atoms with van der Waals surface area (Å²) in [5.41, 5.74) is 7.96. The van der Waals surface area contributed by atoms with E-state index in [-0.39, 0.29) is 5.41 Å². The number of amides is 1. The Hall–Kier alpha value is -1.42. The summed E-state index contributed by atoms with van der Waals surface area (Å²) >= 11 is 6.00. The molecule has 92 valence electrons. The summed E-state index contributed by atoms with van der Waals surface area (Å²) in [5, 5.41) is 0.584. The van der Waals surface area contributed by atoms with E-state index < -0.39 is 6.09 Å².